The van der Waals surface area contributed by atoms with E-state index in [1.807, 2.05) is 45.0 Å². The maximum atomic E-state index is 12.0. The number of H-pyrrole nitrogens is 1. The number of aromatic amines is 1. The van der Waals surface area contributed by atoms with Crippen molar-refractivity contribution in [3.05, 3.63) is 40.6 Å². The third-order valence-corrected chi connectivity index (χ3v) is 2.84. The van der Waals surface area contributed by atoms with Gasteiger partial charge >= 0.3 is 11.7 Å². The first-order valence-corrected chi connectivity index (χ1v) is 6.01. The summed E-state index contributed by atoms with van der Waals surface area (Å²) in [4.78, 5) is 14.7. The van der Waals surface area contributed by atoms with Gasteiger partial charge in [-0.25, -0.2) is 9.36 Å². The number of benzene rings is 1. The predicted octanol–water partition coefficient (Wildman–Crippen LogP) is 2.00. The van der Waals surface area contributed by atoms with Crippen molar-refractivity contribution in [2.75, 3.05) is 0 Å². The highest BCUT2D eigenvalue weighted by molar-refractivity contribution is 5.76. The second kappa shape index (κ2) is 3.81. The molecule has 2 aromatic heterocycles. The zero-order valence-electron chi connectivity index (χ0n) is 11.0. The Labute approximate surface area is 109 Å². The molecule has 0 amide bonds. The summed E-state index contributed by atoms with van der Waals surface area (Å²) in [7, 11) is 0. The molecule has 0 spiro atoms. The molecule has 2 heterocycles. The van der Waals surface area contributed by atoms with Gasteiger partial charge in [-0.1, -0.05) is 38.0 Å². The van der Waals surface area contributed by atoms with Gasteiger partial charge in [0.2, 0.25) is 5.89 Å². The fourth-order valence-corrected chi connectivity index (χ4v) is 1.85. The standard InChI is InChI=1S/C13H14N4O2/c1-13(2,3)10-15-16-12(19-10)17-9-7-5-4-6-8(9)14-11(17)18/h4-7H,1-3H3,(H,14,18). The summed E-state index contributed by atoms with van der Waals surface area (Å²) < 4.78 is 6.99. The largest absolute Gasteiger partial charge is 0.407 e. The van der Waals surface area contributed by atoms with E-state index in [1.165, 1.54) is 4.57 Å². The Morgan fingerprint density at radius 3 is 2.63 bits per heavy atom. The van der Waals surface area contributed by atoms with Crippen molar-refractivity contribution in [3.8, 4) is 6.01 Å². The summed E-state index contributed by atoms with van der Waals surface area (Å²) in [5.41, 5.74) is 0.922. The van der Waals surface area contributed by atoms with E-state index in [0.717, 1.165) is 11.0 Å². The lowest BCUT2D eigenvalue weighted by atomic mass is 9.97. The molecule has 0 radical (unpaired) electrons. The first kappa shape index (κ1) is 11.7. The highest BCUT2D eigenvalue weighted by Crippen LogP contribution is 2.22. The zero-order chi connectivity index (χ0) is 13.6. The molecule has 6 heteroatoms. The third-order valence-electron chi connectivity index (χ3n) is 2.84. The van der Waals surface area contributed by atoms with Crippen molar-refractivity contribution in [1.82, 2.24) is 19.7 Å². The molecular weight excluding hydrogens is 244 g/mol. The second-order valence-electron chi connectivity index (χ2n) is 5.42. The molecule has 1 aromatic carbocycles. The third kappa shape index (κ3) is 1.85. The predicted molar refractivity (Wildman–Crippen MR) is 70.5 cm³/mol. The van der Waals surface area contributed by atoms with E-state index in [2.05, 4.69) is 15.2 Å². The van der Waals surface area contributed by atoms with Gasteiger partial charge in [0.25, 0.3) is 0 Å². The van der Waals surface area contributed by atoms with Crippen LogP contribution in [0.1, 0.15) is 26.7 Å². The minimum atomic E-state index is -0.287. The van der Waals surface area contributed by atoms with Crippen LogP contribution in [0.25, 0.3) is 17.0 Å². The number of imidazole rings is 1. The van der Waals surface area contributed by atoms with E-state index in [4.69, 9.17) is 4.42 Å². The molecule has 3 aromatic rings. The van der Waals surface area contributed by atoms with E-state index < -0.39 is 0 Å². The van der Waals surface area contributed by atoms with Crippen LogP contribution < -0.4 is 5.69 Å². The minimum absolute atomic E-state index is 0.187. The number of rotatable bonds is 1. The summed E-state index contributed by atoms with van der Waals surface area (Å²) in [6.45, 7) is 5.92. The van der Waals surface area contributed by atoms with Gasteiger partial charge in [-0.15, -0.1) is 5.10 Å². The molecular formula is C13H14N4O2. The van der Waals surface area contributed by atoms with Crippen LogP contribution in [0.2, 0.25) is 0 Å². The van der Waals surface area contributed by atoms with Crippen LogP contribution in [0.4, 0.5) is 0 Å². The Morgan fingerprint density at radius 1 is 1.21 bits per heavy atom. The molecule has 0 atom stereocenters. The first-order valence-electron chi connectivity index (χ1n) is 6.01. The van der Waals surface area contributed by atoms with E-state index in [0.29, 0.717) is 5.89 Å². The molecule has 0 fully saturated rings. The molecule has 6 nitrogen and oxygen atoms in total. The number of fused-ring (bicyclic) bond motifs is 1. The molecule has 0 aliphatic rings. The topological polar surface area (TPSA) is 76.7 Å². The number of nitrogens with one attached hydrogen (secondary N) is 1. The van der Waals surface area contributed by atoms with Gasteiger partial charge in [0.05, 0.1) is 11.0 Å². The smallest absolute Gasteiger partial charge is 0.334 e. The first-order chi connectivity index (χ1) is 8.97. The number of aromatic nitrogens is 4. The van der Waals surface area contributed by atoms with Crippen LogP contribution >= 0.6 is 0 Å². The Balaban J connectivity index is 2.22. The fourth-order valence-electron chi connectivity index (χ4n) is 1.85. The van der Waals surface area contributed by atoms with Gasteiger partial charge < -0.3 is 9.40 Å². The molecule has 0 aliphatic heterocycles. The average molecular weight is 258 g/mol. The average Bonchev–Trinajstić information content (AvgIpc) is 2.90. The molecule has 0 unspecified atom stereocenters. The lowest BCUT2D eigenvalue weighted by Crippen LogP contribution is -2.15. The minimum Gasteiger partial charge on any atom is -0.407 e. The number of hydrogen-bond acceptors (Lipinski definition) is 4. The molecule has 19 heavy (non-hydrogen) atoms. The van der Waals surface area contributed by atoms with E-state index in [9.17, 15) is 4.79 Å². The van der Waals surface area contributed by atoms with Crippen LogP contribution in [-0.2, 0) is 5.41 Å². The molecule has 1 N–H and O–H groups in total. The number of para-hydroxylation sites is 2. The van der Waals surface area contributed by atoms with Crippen LogP contribution in [0.15, 0.2) is 33.5 Å². The Morgan fingerprint density at radius 2 is 1.95 bits per heavy atom. The molecule has 98 valence electrons. The van der Waals surface area contributed by atoms with Crippen molar-refractivity contribution < 1.29 is 4.42 Å². The number of hydrogen-bond donors (Lipinski definition) is 1. The SMILES string of the molecule is CC(C)(C)c1nnc(-n2c(=O)[nH]c3ccccc32)o1. The summed E-state index contributed by atoms with van der Waals surface area (Å²) in [5.74, 6) is 0.500. The van der Waals surface area contributed by atoms with Crippen molar-refractivity contribution in [2.45, 2.75) is 26.2 Å². The van der Waals surface area contributed by atoms with E-state index in [1.54, 1.807) is 0 Å². The van der Waals surface area contributed by atoms with Crippen LogP contribution in [0, 0.1) is 0 Å². The van der Waals surface area contributed by atoms with Crippen LogP contribution in [0.5, 0.6) is 0 Å². The zero-order valence-corrected chi connectivity index (χ0v) is 11.0. The van der Waals surface area contributed by atoms with Gasteiger partial charge in [-0.2, -0.15) is 0 Å². The van der Waals surface area contributed by atoms with Gasteiger partial charge in [0.15, 0.2) is 0 Å². The Hall–Kier alpha value is -2.37. The van der Waals surface area contributed by atoms with Crippen molar-refractivity contribution in [2.24, 2.45) is 0 Å². The molecule has 0 bridgehead atoms. The van der Waals surface area contributed by atoms with Crippen molar-refractivity contribution in [1.29, 1.82) is 0 Å². The van der Waals surface area contributed by atoms with Crippen molar-refractivity contribution >= 4 is 11.0 Å². The summed E-state index contributed by atoms with van der Waals surface area (Å²) in [5, 5.41) is 7.96. The summed E-state index contributed by atoms with van der Waals surface area (Å²) in [6, 6.07) is 7.56. The fraction of sp³-hybridized carbons (Fsp3) is 0.308. The molecule has 3 rings (SSSR count). The van der Waals surface area contributed by atoms with Crippen molar-refractivity contribution in [3.63, 3.8) is 0 Å². The Bertz CT molecular complexity index is 789. The number of nitrogens with zero attached hydrogens (tertiary/aromatic N) is 3. The molecule has 0 saturated heterocycles. The van der Waals surface area contributed by atoms with Gasteiger partial charge in [-0.3, -0.25) is 0 Å². The highest BCUT2D eigenvalue weighted by atomic mass is 16.4. The van der Waals surface area contributed by atoms with Gasteiger partial charge in [0, 0.05) is 5.41 Å². The normalized spacial score (nSPS) is 12.2. The molecule has 0 aliphatic carbocycles. The Kier molecular flexibility index (Phi) is 2.35. The monoisotopic (exact) mass is 258 g/mol. The maximum Gasteiger partial charge on any atom is 0.334 e. The highest BCUT2D eigenvalue weighted by Gasteiger charge is 2.23. The second-order valence-corrected chi connectivity index (χ2v) is 5.42. The quantitative estimate of drug-likeness (QED) is 0.724. The lowest BCUT2D eigenvalue weighted by molar-refractivity contribution is 0.385. The van der Waals surface area contributed by atoms with Crippen LogP contribution in [-0.4, -0.2) is 19.7 Å². The van der Waals surface area contributed by atoms with E-state index >= 15 is 0 Å². The molecule has 0 saturated carbocycles. The van der Waals surface area contributed by atoms with E-state index in [-0.39, 0.29) is 17.1 Å². The van der Waals surface area contributed by atoms with Gasteiger partial charge in [-0.05, 0) is 12.1 Å². The maximum absolute atomic E-state index is 12.0. The summed E-state index contributed by atoms with van der Waals surface area (Å²) in [6.07, 6.45) is 0. The summed E-state index contributed by atoms with van der Waals surface area (Å²) >= 11 is 0. The van der Waals surface area contributed by atoms with Gasteiger partial charge in [0.1, 0.15) is 0 Å². The lowest BCUT2D eigenvalue weighted by Gasteiger charge is -2.10. The van der Waals surface area contributed by atoms with Crippen LogP contribution in [0.3, 0.4) is 0 Å².